The zero-order chi connectivity index (χ0) is 12.6. The topological polar surface area (TPSA) is 96.4 Å². The molecule has 1 aliphatic carbocycles. The molecule has 6 nitrogen and oxygen atoms in total. The van der Waals surface area contributed by atoms with Crippen LogP contribution in [0.3, 0.4) is 0 Å². The maximum Gasteiger partial charge on any atom is 0.314 e. The highest BCUT2D eigenvalue weighted by atomic mass is 32.1. The first kappa shape index (κ1) is 11.7. The molecule has 0 bridgehead atoms. The van der Waals surface area contributed by atoms with E-state index in [1.54, 1.807) is 0 Å². The molecule has 90 valence electrons. The fraction of sp³-hybridized carbons (Fsp3) is 0.400. The Kier molecular flexibility index (Phi) is 2.93. The van der Waals surface area contributed by atoms with Crippen LogP contribution in [-0.4, -0.2) is 27.8 Å². The smallest absolute Gasteiger partial charge is 0.314 e. The number of thiazole rings is 1. The largest absolute Gasteiger partial charge is 0.481 e. The number of hydrogen-bond acceptors (Lipinski definition) is 5. The number of aromatic nitrogens is 1. The van der Waals surface area contributed by atoms with Gasteiger partial charge in [0.05, 0.1) is 10.6 Å². The fourth-order valence-electron chi connectivity index (χ4n) is 1.72. The number of amides is 1. The summed E-state index contributed by atoms with van der Waals surface area (Å²) in [6.45, 7) is 1.35. The lowest BCUT2D eigenvalue weighted by molar-refractivity contribution is -0.140. The van der Waals surface area contributed by atoms with Crippen LogP contribution in [0.4, 0.5) is 5.13 Å². The minimum atomic E-state index is -1.10. The van der Waals surface area contributed by atoms with Crippen LogP contribution in [0, 0.1) is 5.92 Å². The molecular weight excluding hydrogens is 244 g/mol. The number of nitrogens with one attached hydrogen (secondary N) is 1. The Labute approximate surface area is 101 Å². The number of Topliss-reactive ketones (excluding diaryl/α,β-unsaturated/α-hetero) is 1. The number of anilines is 1. The molecule has 17 heavy (non-hydrogen) atoms. The van der Waals surface area contributed by atoms with Gasteiger partial charge in [0.15, 0.2) is 10.9 Å². The van der Waals surface area contributed by atoms with Crippen molar-refractivity contribution in [3.8, 4) is 0 Å². The Balaban J connectivity index is 2.30. The van der Waals surface area contributed by atoms with Crippen molar-refractivity contribution < 1.29 is 19.5 Å². The predicted molar refractivity (Wildman–Crippen MR) is 60.2 cm³/mol. The number of carbonyl (C=O) groups is 3. The van der Waals surface area contributed by atoms with Crippen LogP contribution in [0.15, 0.2) is 0 Å². The summed E-state index contributed by atoms with van der Waals surface area (Å²) in [7, 11) is 0. The van der Waals surface area contributed by atoms with Gasteiger partial charge in [0.1, 0.15) is 5.92 Å². The monoisotopic (exact) mass is 254 g/mol. The molecule has 0 aromatic carbocycles. The van der Waals surface area contributed by atoms with Gasteiger partial charge in [-0.1, -0.05) is 11.3 Å². The standard InChI is InChI=1S/C10H10N2O4S/c1-4(13)11-10-12-6-3-2-5(9(15)16)7(14)8(6)17-10/h5H,2-3H2,1H3,(H,15,16)(H,11,12,13). The van der Waals surface area contributed by atoms with Crippen LogP contribution in [0.1, 0.15) is 28.7 Å². The second-order valence-electron chi connectivity index (χ2n) is 3.77. The molecule has 2 N–H and O–H groups in total. The average molecular weight is 254 g/mol. The Morgan fingerprint density at radius 2 is 2.24 bits per heavy atom. The molecule has 1 unspecified atom stereocenters. The average Bonchev–Trinajstić information content (AvgIpc) is 2.60. The number of rotatable bonds is 2. The summed E-state index contributed by atoms with van der Waals surface area (Å²) < 4.78 is 0. The van der Waals surface area contributed by atoms with E-state index in [9.17, 15) is 14.4 Å². The van der Waals surface area contributed by atoms with Crippen molar-refractivity contribution in [1.82, 2.24) is 4.98 Å². The van der Waals surface area contributed by atoms with Crippen LogP contribution in [0.5, 0.6) is 0 Å². The van der Waals surface area contributed by atoms with E-state index in [1.165, 1.54) is 6.92 Å². The minimum Gasteiger partial charge on any atom is -0.481 e. The molecule has 0 saturated carbocycles. The summed E-state index contributed by atoms with van der Waals surface area (Å²) in [5.74, 6) is -2.76. The number of carboxylic acids is 1. The van der Waals surface area contributed by atoms with Crippen LogP contribution < -0.4 is 5.32 Å². The van der Waals surface area contributed by atoms with Gasteiger partial charge in [-0.15, -0.1) is 0 Å². The summed E-state index contributed by atoms with van der Waals surface area (Å²) in [4.78, 5) is 38.0. The van der Waals surface area contributed by atoms with Gasteiger partial charge in [-0.05, 0) is 12.8 Å². The zero-order valence-corrected chi connectivity index (χ0v) is 9.84. The van der Waals surface area contributed by atoms with Gasteiger partial charge in [0, 0.05) is 6.92 Å². The number of aliphatic carboxylic acids is 1. The van der Waals surface area contributed by atoms with Gasteiger partial charge in [-0.2, -0.15) is 0 Å². The Hall–Kier alpha value is -1.76. The van der Waals surface area contributed by atoms with Gasteiger partial charge in [-0.3, -0.25) is 14.4 Å². The summed E-state index contributed by atoms with van der Waals surface area (Å²) >= 11 is 1.04. The van der Waals surface area contributed by atoms with Crippen molar-refractivity contribution in [3.63, 3.8) is 0 Å². The third-order valence-electron chi connectivity index (χ3n) is 2.49. The van der Waals surface area contributed by atoms with Crippen LogP contribution in [-0.2, 0) is 16.0 Å². The third-order valence-corrected chi connectivity index (χ3v) is 3.52. The first-order valence-electron chi connectivity index (χ1n) is 5.03. The quantitative estimate of drug-likeness (QED) is 0.765. The highest BCUT2D eigenvalue weighted by Crippen LogP contribution is 2.32. The molecule has 0 aliphatic heterocycles. The molecule has 1 atom stereocenters. The lowest BCUT2D eigenvalue weighted by atomic mass is 9.90. The lowest BCUT2D eigenvalue weighted by Gasteiger charge is -2.15. The van der Waals surface area contributed by atoms with E-state index >= 15 is 0 Å². The van der Waals surface area contributed by atoms with Crippen LogP contribution >= 0.6 is 11.3 Å². The SMILES string of the molecule is CC(=O)Nc1nc2c(s1)C(=O)C(C(=O)O)CC2. The number of aryl methyl sites for hydroxylation is 1. The van der Waals surface area contributed by atoms with Crippen molar-refractivity contribution in [1.29, 1.82) is 0 Å². The van der Waals surface area contributed by atoms with Gasteiger partial charge in [0.25, 0.3) is 0 Å². The molecule has 1 aromatic heterocycles. The van der Waals surface area contributed by atoms with Gasteiger partial charge < -0.3 is 10.4 Å². The third kappa shape index (κ3) is 2.19. The zero-order valence-electron chi connectivity index (χ0n) is 9.02. The normalized spacial score (nSPS) is 18.6. The fourth-order valence-corrected chi connectivity index (χ4v) is 2.78. The molecule has 1 amide bonds. The van der Waals surface area contributed by atoms with Crippen molar-refractivity contribution in [2.75, 3.05) is 5.32 Å². The Bertz CT molecular complexity index is 508. The van der Waals surface area contributed by atoms with Gasteiger partial charge >= 0.3 is 5.97 Å². The van der Waals surface area contributed by atoms with Gasteiger partial charge in [0.2, 0.25) is 5.91 Å². The number of fused-ring (bicyclic) bond motifs is 1. The lowest BCUT2D eigenvalue weighted by Crippen LogP contribution is -2.28. The van der Waals surface area contributed by atoms with Crippen molar-refractivity contribution >= 4 is 34.1 Å². The molecule has 0 spiro atoms. The molecule has 1 aliphatic rings. The number of nitrogens with zero attached hydrogens (tertiary/aromatic N) is 1. The van der Waals surface area contributed by atoms with E-state index in [4.69, 9.17) is 5.11 Å². The first-order chi connectivity index (χ1) is 7.99. The predicted octanol–water partition coefficient (Wildman–Crippen LogP) is 0.931. The van der Waals surface area contributed by atoms with Crippen LogP contribution in [0.2, 0.25) is 0 Å². The summed E-state index contributed by atoms with van der Waals surface area (Å²) in [5.41, 5.74) is 0.584. The number of carbonyl (C=O) groups excluding carboxylic acids is 2. The highest BCUT2D eigenvalue weighted by Gasteiger charge is 2.35. The van der Waals surface area contributed by atoms with E-state index in [0.29, 0.717) is 22.1 Å². The second-order valence-corrected chi connectivity index (χ2v) is 4.77. The molecule has 1 aromatic rings. The molecular formula is C10H10N2O4S. The summed E-state index contributed by atoms with van der Waals surface area (Å²) in [6.07, 6.45) is 0.721. The molecule has 0 fully saturated rings. The van der Waals surface area contributed by atoms with Crippen molar-refractivity contribution in [2.45, 2.75) is 19.8 Å². The number of carboxylic acid groups (broad SMARTS) is 1. The van der Waals surface area contributed by atoms with Crippen molar-refractivity contribution in [2.24, 2.45) is 5.92 Å². The van der Waals surface area contributed by atoms with Crippen molar-refractivity contribution in [3.05, 3.63) is 10.6 Å². The number of hydrogen-bond donors (Lipinski definition) is 2. The molecule has 2 rings (SSSR count). The molecule has 0 saturated heterocycles. The molecule has 7 heteroatoms. The van der Waals surface area contributed by atoms with Gasteiger partial charge in [-0.25, -0.2) is 4.98 Å². The number of ketones is 1. The van der Waals surface area contributed by atoms with E-state index < -0.39 is 17.7 Å². The maximum absolute atomic E-state index is 11.8. The summed E-state index contributed by atoms with van der Waals surface area (Å²) in [5, 5.41) is 11.7. The van der Waals surface area contributed by atoms with Crippen LogP contribution in [0.25, 0.3) is 0 Å². The minimum absolute atomic E-state index is 0.265. The Morgan fingerprint density at radius 1 is 1.53 bits per heavy atom. The highest BCUT2D eigenvalue weighted by molar-refractivity contribution is 7.17. The summed E-state index contributed by atoms with van der Waals surface area (Å²) in [6, 6.07) is 0. The van der Waals surface area contributed by atoms with E-state index in [0.717, 1.165) is 11.3 Å². The molecule has 0 radical (unpaired) electrons. The van der Waals surface area contributed by atoms with E-state index in [2.05, 4.69) is 10.3 Å². The first-order valence-corrected chi connectivity index (χ1v) is 5.85. The van der Waals surface area contributed by atoms with E-state index in [-0.39, 0.29) is 12.3 Å². The van der Waals surface area contributed by atoms with E-state index in [1.807, 2.05) is 0 Å². The second kappa shape index (κ2) is 4.25. The maximum atomic E-state index is 11.8. The Morgan fingerprint density at radius 3 is 2.82 bits per heavy atom. The molecule has 1 heterocycles.